The maximum Gasteiger partial charge on any atom is 0.277 e. The molecule has 0 saturated carbocycles. The average molecular weight is 436 g/mol. The second-order valence-electron chi connectivity index (χ2n) is 6.41. The van der Waals surface area contributed by atoms with Crippen molar-refractivity contribution < 1.29 is 13.6 Å². The topological polar surface area (TPSA) is 59.2 Å². The number of halogens is 1. The summed E-state index contributed by atoms with van der Waals surface area (Å²) in [5.74, 6) is -0.349. The fraction of sp³-hybridized carbons (Fsp3) is 0.0455. The van der Waals surface area contributed by atoms with E-state index in [1.807, 2.05) is 48.5 Å². The largest absolute Gasteiger partial charge is 0.411 e. The van der Waals surface area contributed by atoms with E-state index in [0.717, 1.165) is 32.9 Å². The number of rotatable bonds is 4. The first kappa shape index (κ1) is 18.9. The molecule has 0 atom stereocenters. The number of hydrogen-bond acceptors (Lipinski definition) is 6. The molecule has 0 aliphatic carbocycles. The Hall–Kier alpha value is -3.10. The van der Waals surface area contributed by atoms with Crippen LogP contribution in [0.3, 0.4) is 0 Å². The minimum Gasteiger partial charge on any atom is -0.411 e. The molecule has 30 heavy (non-hydrogen) atoms. The summed E-state index contributed by atoms with van der Waals surface area (Å²) in [6, 6.07) is 21.8. The van der Waals surface area contributed by atoms with Gasteiger partial charge in [0.25, 0.3) is 11.1 Å². The Balaban J connectivity index is 1.38. The van der Waals surface area contributed by atoms with Crippen LogP contribution in [0.1, 0.15) is 0 Å². The molecule has 8 heteroatoms. The van der Waals surface area contributed by atoms with Crippen LogP contribution >= 0.6 is 23.5 Å². The number of hydrogen-bond donors (Lipinski definition) is 0. The van der Waals surface area contributed by atoms with Crippen molar-refractivity contribution in [2.45, 2.75) is 15.0 Å². The van der Waals surface area contributed by atoms with E-state index in [9.17, 15) is 9.18 Å². The molecule has 148 valence electrons. The number of carbonyl (C=O) groups is 1. The molecule has 1 aliphatic heterocycles. The number of amides is 1. The Kier molecular flexibility index (Phi) is 5.02. The maximum absolute atomic E-state index is 13.9. The van der Waals surface area contributed by atoms with Crippen LogP contribution in [0, 0.1) is 5.82 Å². The fourth-order valence-electron chi connectivity index (χ4n) is 3.17. The van der Waals surface area contributed by atoms with Crippen LogP contribution < -0.4 is 4.90 Å². The smallest absolute Gasteiger partial charge is 0.277 e. The lowest BCUT2D eigenvalue weighted by Crippen LogP contribution is -2.29. The van der Waals surface area contributed by atoms with Crippen molar-refractivity contribution >= 4 is 40.8 Å². The number of nitrogens with zero attached hydrogens (tertiary/aromatic N) is 3. The third kappa shape index (κ3) is 3.48. The van der Waals surface area contributed by atoms with Gasteiger partial charge in [-0.25, -0.2) is 4.39 Å². The van der Waals surface area contributed by atoms with E-state index < -0.39 is 5.82 Å². The summed E-state index contributed by atoms with van der Waals surface area (Å²) in [6.45, 7) is 0. The van der Waals surface area contributed by atoms with E-state index in [4.69, 9.17) is 4.42 Å². The Morgan fingerprint density at radius 2 is 1.57 bits per heavy atom. The molecule has 1 amide bonds. The summed E-state index contributed by atoms with van der Waals surface area (Å²) in [4.78, 5) is 16.9. The predicted octanol–water partition coefficient (Wildman–Crippen LogP) is 5.80. The van der Waals surface area contributed by atoms with Gasteiger partial charge in [-0.05, 0) is 36.4 Å². The van der Waals surface area contributed by atoms with Crippen molar-refractivity contribution in [1.82, 2.24) is 10.2 Å². The van der Waals surface area contributed by atoms with E-state index in [-0.39, 0.29) is 28.3 Å². The summed E-state index contributed by atoms with van der Waals surface area (Å²) in [7, 11) is 0. The molecular formula is C22H14FN3O2S2. The van der Waals surface area contributed by atoms with Gasteiger partial charge in [0, 0.05) is 9.79 Å². The van der Waals surface area contributed by atoms with Crippen molar-refractivity contribution in [2.75, 3.05) is 10.7 Å². The molecule has 5 nitrogen and oxygen atoms in total. The van der Waals surface area contributed by atoms with Gasteiger partial charge in [0.05, 0.1) is 22.7 Å². The molecule has 4 aromatic rings. The zero-order valence-corrected chi connectivity index (χ0v) is 17.1. The Morgan fingerprint density at radius 1 is 0.933 bits per heavy atom. The minimum atomic E-state index is -0.437. The van der Waals surface area contributed by atoms with Crippen LogP contribution in [0.5, 0.6) is 0 Å². The lowest BCUT2D eigenvalue weighted by molar-refractivity contribution is -0.115. The van der Waals surface area contributed by atoms with Gasteiger partial charge in [0.2, 0.25) is 5.91 Å². The second-order valence-corrected chi connectivity index (χ2v) is 8.42. The van der Waals surface area contributed by atoms with Gasteiger partial charge in [0.15, 0.2) is 0 Å². The number of thioether (sulfide) groups is 1. The molecule has 0 spiro atoms. The van der Waals surface area contributed by atoms with Crippen molar-refractivity contribution in [3.63, 3.8) is 0 Å². The summed E-state index contributed by atoms with van der Waals surface area (Å²) in [5, 5.41) is 8.07. The van der Waals surface area contributed by atoms with Crippen molar-refractivity contribution in [1.29, 1.82) is 0 Å². The summed E-state index contributed by atoms with van der Waals surface area (Å²) in [6.07, 6.45) is 0. The molecule has 1 aliphatic rings. The van der Waals surface area contributed by atoms with Gasteiger partial charge in [-0.15, -0.1) is 10.2 Å². The van der Waals surface area contributed by atoms with Gasteiger partial charge in [-0.2, -0.15) is 0 Å². The molecule has 0 radical (unpaired) electrons. The lowest BCUT2D eigenvalue weighted by atomic mass is 10.2. The highest BCUT2D eigenvalue weighted by Crippen LogP contribution is 2.48. The fourth-order valence-corrected chi connectivity index (χ4v) is 4.84. The van der Waals surface area contributed by atoms with Crippen LogP contribution in [0.4, 0.5) is 15.8 Å². The molecule has 2 heterocycles. The quantitative estimate of drug-likeness (QED) is 0.378. The van der Waals surface area contributed by atoms with Crippen LogP contribution in [-0.4, -0.2) is 21.9 Å². The van der Waals surface area contributed by atoms with Crippen LogP contribution in [0.2, 0.25) is 0 Å². The summed E-state index contributed by atoms with van der Waals surface area (Å²) < 4.78 is 19.5. The molecule has 0 fully saturated rings. The summed E-state index contributed by atoms with van der Waals surface area (Å²) in [5.41, 5.74) is 1.94. The first-order chi connectivity index (χ1) is 14.7. The Morgan fingerprint density at radius 3 is 2.27 bits per heavy atom. The van der Waals surface area contributed by atoms with Gasteiger partial charge >= 0.3 is 0 Å². The third-order valence-electron chi connectivity index (χ3n) is 4.51. The highest BCUT2D eigenvalue weighted by molar-refractivity contribution is 8.00. The lowest BCUT2D eigenvalue weighted by Gasteiger charge is -2.30. The van der Waals surface area contributed by atoms with E-state index in [2.05, 4.69) is 10.2 Å². The standard InChI is InChI=1S/C22H14FN3O2S2/c23-15-8-2-1-7-14(15)21-24-25-22(28-21)29-13-20(27)26-16-9-3-5-11-18(16)30-19-12-6-4-10-17(19)26/h1-12H,13H2. The van der Waals surface area contributed by atoms with Gasteiger partial charge < -0.3 is 4.42 Å². The van der Waals surface area contributed by atoms with E-state index in [0.29, 0.717) is 0 Å². The SMILES string of the molecule is O=C(CSc1nnc(-c2ccccc2F)o1)N1c2ccccc2Sc2ccccc21. The number of aromatic nitrogens is 2. The number of anilines is 2. The van der Waals surface area contributed by atoms with Crippen molar-refractivity contribution in [2.24, 2.45) is 0 Å². The zero-order chi connectivity index (χ0) is 20.5. The molecule has 0 unspecified atom stereocenters. The molecular weight excluding hydrogens is 421 g/mol. The summed E-state index contributed by atoms with van der Waals surface area (Å²) >= 11 is 2.78. The van der Waals surface area contributed by atoms with E-state index in [1.54, 1.807) is 34.9 Å². The highest BCUT2D eigenvalue weighted by atomic mass is 32.2. The van der Waals surface area contributed by atoms with Crippen molar-refractivity contribution in [3.8, 4) is 11.5 Å². The number of benzene rings is 3. The minimum absolute atomic E-state index is 0.0908. The third-order valence-corrected chi connectivity index (χ3v) is 6.44. The van der Waals surface area contributed by atoms with Gasteiger partial charge in [0.1, 0.15) is 5.82 Å². The van der Waals surface area contributed by atoms with Crippen LogP contribution in [0.15, 0.2) is 92.2 Å². The molecule has 0 N–H and O–H groups in total. The number of carbonyl (C=O) groups excluding carboxylic acids is 1. The molecule has 0 saturated heterocycles. The van der Waals surface area contributed by atoms with E-state index >= 15 is 0 Å². The van der Waals surface area contributed by atoms with Crippen LogP contribution in [-0.2, 0) is 4.79 Å². The highest BCUT2D eigenvalue weighted by Gasteiger charge is 2.28. The Labute approximate surface area is 180 Å². The maximum atomic E-state index is 13.9. The van der Waals surface area contributed by atoms with Gasteiger partial charge in [-0.3, -0.25) is 9.69 Å². The number of fused-ring (bicyclic) bond motifs is 2. The number of para-hydroxylation sites is 2. The molecule has 1 aromatic heterocycles. The van der Waals surface area contributed by atoms with E-state index in [1.165, 1.54) is 6.07 Å². The Bertz CT molecular complexity index is 1200. The first-order valence-corrected chi connectivity index (χ1v) is 10.9. The molecule has 5 rings (SSSR count). The average Bonchev–Trinajstić information content (AvgIpc) is 3.25. The van der Waals surface area contributed by atoms with Crippen LogP contribution in [0.25, 0.3) is 11.5 Å². The molecule has 0 bridgehead atoms. The van der Waals surface area contributed by atoms with Crippen molar-refractivity contribution in [3.05, 3.63) is 78.6 Å². The normalized spacial score (nSPS) is 12.4. The zero-order valence-electron chi connectivity index (χ0n) is 15.5. The first-order valence-electron chi connectivity index (χ1n) is 9.11. The second kappa shape index (κ2) is 7.97. The monoisotopic (exact) mass is 435 g/mol. The van der Waals surface area contributed by atoms with Gasteiger partial charge in [-0.1, -0.05) is 59.9 Å². The predicted molar refractivity (Wildman–Crippen MR) is 115 cm³/mol. The molecule has 3 aromatic carbocycles.